The smallest absolute Gasteiger partial charge is 0.119 e. The molecule has 3 nitrogen and oxygen atoms in total. The summed E-state index contributed by atoms with van der Waals surface area (Å²) in [6.07, 6.45) is 3.40. The summed E-state index contributed by atoms with van der Waals surface area (Å²) in [6.45, 7) is 7.36. The fourth-order valence-electron chi connectivity index (χ4n) is 2.28. The molecule has 16 heavy (non-hydrogen) atoms. The fourth-order valence-corrected chi connectivity index (χ4v) is 2.28. The van der Waals surface area contributed by atoms with Gasteiger partial charge in [-0.1, -0.05) is 13.8 Å². The molecule has 2 N–H and O–H groups in total. The summed E-state index contributed by atoms with van der Waals surface area (Å²) >= 11 is 0. The summed E-state index contributed by atoms with van der Waals surface area (Å²) in [7, 11) is 2.08. The fraction of sp³-hybridized carbons (Fsp3) is 0.923. The molecule has 92 valence electrons. The second-order valence-electron chi connectivity index (χ2n) is 5.82. The predicted molar refractivity (Wildman–Crippen MR) is 66.8 cm³/mol. The van der Waals surface area contributed by atoms with Crippen LogP contribution in [0.2, 0.25) is 0 Å². The highest BCUT2D eigenvalue weighted by Crippen LogP contribution is 2.38. The second-order valence-corrected chi connectivity index (χ2v) is 5.82. The van der Waals surface area contributed by atoms with E-state index < -0.39 is 5.54 Å². The zero-order valence-electron chi connectivity index (χ0n) is 11.0. The lowest BCUT2D eigenvalue weighted by Crippen LogP contribution is -2.52. The van der Waals surface area contributed by atoms with Gasteiger partial charge in [0.05, 0.1) is 6.07 Å². The number of likely N-dealkylation sites (N-methyl/N-ethyl adjacent to an activating group) is 1. The Morgan fingerprint density at radius 3 is 2.38 bits per heavy atom. The summed E-state index contributed by atoms with van der Waals surface area (Å²) in [4.78, 5) is 2.24. The SMILES string of the molecule is CC(C)CC(C)N(C)CC(N)(C#N)C1CC1. The van der Waals surface area contributed by atoms with Crippen molar-refractivity contribution in [1.82, 2.24) is 4.90 Å². The molecule has 2 unspecified atom stereocenters. The van der Waals surface area contributed by atoms with E-state index in [1.165, 1.54) is 0 Å². The van der Waals surface area contributed by atoms with Crippen LogP contribution in [0.15, 0.2) is 0 Å². The first-order valence-electron chi connectivity index (χ1n) is 6.29. The molecule has 0 heterocycles. The minimum absolute atomic E-state index is 0.422. The second kappa shape index (κ2) is 5.16. The van der Waals surface area contributed by atoms with Crippen LogP contribution in [-0.2, 0) is 0 Å². The zero-order chi connectivity index (χ0) is 12.3. The molecule has 0 saturated heterocycles. The molecule has 0 bridgehead atoms. The summed E-state index contributed by atoms with van der Waals surface area (Å²) in [5, 5.41) is 9.21. The van der Waals surface area contributed by atoms with E-state index in [1.54, 1.807) is 0 Å². The molecule has 0 amide bonds. The quantitative estimate of drug-likeness (QED) is 0.749. The van der Waals surface area contributed by atoms with Crippen molar-refractivity contribution in [2.24, 2.45) is 17.6 Å². The molecule has 2 atom stereocenters. The minimum Gasteiger partial charge on any atom is -0.312 e. The van der Waals surface area contributed by atoms with Crippen molar-refractivity contribution in [3.05, 3.63) is 0 Å². The monoisotopic (exact) mass is 223 g/mol. The molecule has 0 aromatic heterocycles. The summed E-state index contributed by atoms with van der Waals surface area (Å²) < 4.78 is 0. The Morgan fingerprint density at radius 1 is 1.44 bits per heavy atom. The van der Waals surface area contributed by atoms with Crippen LogP contribution < -0.4 is 5.73 Å². The lowest BCUT2D eigenvalue weighted by atomic mass is 9.94. The number of nitrogens with zero attached hydrogens (tertiary/aromatic N) is 2. The lowest BCUT2D eigenvalue weighted by Gasteiger charge is -2.32. The van der Waals surface area contributed by atoms with E-state index in [1.807, 2.05) is 0 Å². The van der Waals surface area contributed by atoms with Crippen molar-refractivity contribution >= 4 is 0 Å². The maximum atomic E-state index is 9.21. The van der Waals surface area contributed by atoms with Crippen LogP contribution >= 0.6 is 0 Å². The average Bonchev–Trinajstić information content (AvgIpc) is 2.99. The number of nitriles is 1. The van der Waals surface area contributed by atoms with Gasteiger partial charge in [0.15, 0.2) is 0 Å². The average molecular weight is 223 g/mol. The van der Waals surface area contributed by atoms with Crippen LogP contribution in [0.4, 0.5) is 0 Å². The molecule has 0 aliphatic heterocycles. The molecule has 1 saturated carbocycles. The van der Waals surface area contributed by atoms with Gasteiger partial charge >= 0.3 is 0 Å². The van der Waals surface area contributed by atoms with E-state index in [0.717, 1.165) is 19.3 Å². The Morgan fingerprint density at radius 2 is 2.00 bits per heavy atom. The third-order valence-electron chi connectivity index (χ3n) is 3.59. The Kier molecular flexibility index (Phi) is 4.35. The van der Waals surface area contributed by atoms with Crippen molar-refractivity contribution < 1.29 is 0 Å². The number of rotatable bonds is 6. The van der Waals surface area contributed by atoms with Gasteiger partial charge < -0.3 is 10.6 Å². The van der Waals surface area contributed by atoms with Gasteiger partial charge in [-0.25, -0.2) is 0 Å². The molecule has 0 aromatic rings. The highest BCUT2D eigenvalue weighted by Gasteiger charge is 2.43. The Hall–Kier alpha value is -0.590. The molecule has 0 radical (unpaired) electrons. The van der Waals surface area contributed by atoms with Crippen molar-refractivity contribution in [3.8, 4) is 6.07 Å². The highest BCUT2D eigenvalue weighted by molar-refractivity contribution is 5.14. The molecule has 0 aromatic carbocycles. The van der Waals surface area contributed by atoms with Crippen LogP contribution in [0.1, 0.15) is 40.0 Å². The summed E-state index contributed by atoms with van der Waals surface area (Å²) in [5.41, 5.74) is 5.54. The van der Waals surface area contributed by atoms with Crippen LogP contribution in [0.25, 0.3) is 0 Å². The zero-order valence-corrected chi connectivity index (χ0v) is 11.0. The molecule has 1 rings (SSSR count). The van der Waals surface area contributed by atoms with E-state index >= 15 is 0 Å². The normalized spacial score (nSPS) is 21.9. The van der Waals surface area contributed by atoms with Crippen LogP contribution in [0.5, 0.6) is 0 Å². The number of hydrogen-bond donors (Lipinski definition) is 1. The van der Waals surface area contributed by atoms with Gasteiger partial charge in [0.25, 0.3) is 0 Å². The Balaban J connectivity index is 2.49. The van der Waals surface area contributed by atoms with Gasteiger partial charge in [0.2, 0.25) is 0 Å². The van der Waals surface area contributed by atoms with Crippen molar-refractivity contribution in [2.45, 2.75) is 51.6 Å². The summed E-state index contributed by atoms with van der Waals surface area (Å²) in [6, 6.07) is 2.81. The summed E-state index contributed by atoms with van der Waals surface area (Å²) in [5.74, 6) is 1.11. The standard InChI is InChI=1S/C13H25N3/c1-10(2)7-11(3)16(4)9-13(15,8-14)12-5-6-12/h10-12H,5-7,9,15H2,1-4H3. The van der Waals surface area contributed by atoms with Crippen molar-refractivity contribution in [2.75, 3.05) is 13.6 Å². The highest BCUT2D eigenvalue weighted by atomic mass is 15.1. The van der Waals surface area contributed by atoms with Gasteiger partial charge in [0.1, 0.15) is 5.54 Å². The maximum absolute atomic E-state index is 9.21. The molecule has 0 spiro atoms. The molecule has 1 aliphatic rings. The molecule has 3 heteroatoms. The molecule has 1 aliphatic carbocycles. The molecule has 1 fully saturated rings. The van der Waals surface area contributed by atoms with Gasteiger partial charge in [-0.15, -0.1) is 0 Å². The van der Waals surface area contributed by atoms with Gasteiger partial charge in [0, 0.05) is 12.6 Å². The van der Waals surface area contributed by atoms with Gasteiger partial charge in [-0.3, -0.25) is 0 Å². The lowest BCUT2D eigenvalue weighted by molar-refractivity contribution is 0.189. The van der Waals surface area contributed by atoms with E-state index in [-0.39, 0.29) is 0 Å². The van der Waals surface area contributed by atoms with Crippen LogP contribution in [-0.4, -0.2) is 30.1 Å². The predicted octanol–water partition coefficient (Wildman–Crippen LogP) is 1.98. The topological polar surface area (TPSA) is 53.0 Å². The first-order valence-corrected chi connectivity index (χ1v) is 6.29. The number of nitrogens with two attached hydrogens (primary N) is 1. The maximum Gasteiger partial charge on any atom is 0.119 e. The van der Waals surface area contributed by atoms with E-state index in [2.05, 4.69) is 38.8 Å². The first-order chi connectivity index (χ1) is 7.39. The van der Waals surface area contributed by atoms with Crippen molar-refractivity contribution in [1.29, 1.82) is 5.26 Å². The van der Waals surface area contributed by atoms with Gasteiger partial charge in [-0.05, 0) is 45.1 Å². The van der Waals surface area contributed by atoms with E-state index in [0.29, 0.717) is 24.4 Å². The molecular weight excluding hydrogens is 198 g/mol. The van der Waals surface area contributed by atoms with E-state index in [9.17, 15) is 5.26 Å². The minimum atomic E-state index is -0.625. The Bertz CT molecular complexity index is 265. The third kappa shape index (κ3) is 3.47. The van der Waals surface area contributed by atoms with Crippen LogP contribution in [0, 0.1) is 23.2 Å². The third-order valence-corrected chi connectivity index (χ3v) is 3.59. The Labute approximate surface area is 99.6 Å². The first kappa shape index (κ1) is 13.5. The van der Waals surface area contributed by atoms with Crippen molar-refractivity contribution in [3.63, 3.8) is 0 Å². The molecular formula is C13H25N3. The van der Waals surface area contributed by atoms with Gasteiger partial charge in [-0.2, -0.15) is 5.26 Å². The largest absolute Gasteiger partial charge is 0.312 e. The van der Waals surface area contributed by atoms with Crippen LogP contribution in [0.3, 0.4) is 0 Å². The number of hydrogen-bond acceptors (Lipinski definition) is 3. The van der Waals surface area contributed by atoms with E-state index in [4.69, 9.17) is 5.73 Å².